The van der Waals surface area contributed by atoms with E-state index in [0.717, 1.165) is 0 Å². The summed E-state index contributed by atoms with van der Waals surface area (Å²) in [5, 5.41) is 11.4. The van der Waals surface area contributed by atoms with Crippen molar-refractivity contribution in [3.8, 4) is 11.5 Å². The van der Waals surface area contributed by atoms with Crippen LogP contribution in [0.15, 0.2) is 18.2 Å². The number of carboxylic acid groups (broad SMARTS) is 1. The Balaban J connectivity index is 1.94. The normalized spacial score (nSPS) is 14.4. The molecule has 0 fully saturated rings. The van der Waals surface area contributed by atoms with Crippen molar-refractivity contribution in [3.63, 3.8) is 0 Å². The van der Waals surface area contributed by atoms with Crippen LogP contribution >= 0.6 is 0 Å². The van der Waals surface area contributed by atoms with Crippen LogP contribution in [0.1, 0.15) is 23.7 Å². The zero-order chi connectivity index (χ0) is 14.5. The first-order chi connectivity index (χ1) is 9.56. The summed E-state index contributed by atoms with van der Waals surface area (Å²) in [4.78, 5) is 22.5. The lowest BCUT2D eigenvalue weighted by Crippen LogP contribution is -2.29. The molecule has 2 rings (SSSR count). The van der Waals surface area contributed by atoms with Crippen LogP contribution in [0.3, 0.4) is 0 Å². The standard InChI is InChI=1S/C14H17NO5/c1-9(6-13(16)17)8-15-14(18)10-2-3-11-12(7-10)20-5-4-19-11/h2-3,7,9H,4-6,8H2,1H3,(H,15,18)(H,16,17)/t9-/m1/s1. The van der Waals surface area contributed by atoms with E-state index in [1.807, 2.05) is 0 Å². The highest BCUT2D eigenvalue weighted by Crippen LogP contribution is 2.30. The Morgan fingerprint density at radius 1 is 1.30 bits per heavy atom. The van der Waals surface area contributed by atoms with E-state index in [4.69, 9.17) is 14.6 Å². The molecule has 0 radical (unpaired) electrons. The average molecular weight is 279 g/mol. The smallest absolute Gasteiger partial charge is 0.303 e. The van der Waals surface area contributed by atoms with Crippen LogP contribution in [0, 0.1) is 5.92 Å². The molecule has 1 aromatic rings. The van der Waals surface area contributed by atoms with Gasteiger partial charge in [0.05, 0.1) is 0 Å². The maximum atomic E-state index is 12.0. The molecule has 1 aliphatic rings. The molecule has 0 saturated heterocycles. The van der Waals surface area contributed by atoms with Crippen molar-refractivity contribution in [2.45, 2.75) is 13.3 Å². The van der Waals surface area contributed by atoms with Gasteiger partial charge in [-0.1, -0.05) is 6.92 Å². The van der Waals surface area contributed by atoms with E-state index in [1.54, 1.807) is 25.1 Å². The molecule has 1 heterocycles. The quantitative estimate of drug-likeness (QED) is 0.848. The Morgan fingerprint density at radius 3 is 2.70 bits per heavy atom. The molecule has 0 unspecified atom stereocenters. The highest BCUT2D eigenvalue weighted by molar-refractivity contribution is 5.94. The summed E-state index contributed by atoms with van der Waals surface area (Å²) in [5.74, 6) is -0.0477. The van der Waals surface area contributed by atoms with Crippen LogP contribution in [-0.2, 0) is 4.79 Å². The zero-order valence-electron chi connectivity index (χ0n) is 11.2. The first kappa shape index (κ1) is 14.2. The number of carboxylic acids is 1. The Hall–Kier alpha value is -2.24. The predicted molar refractivity (Wildman–Crippen MR) is 71.2 cm³/mol. The Labute approximate surface area is 116 Å². The largest absolute Gasteiger partial charge is 0.486 e. The molecule has 1 aliphatic heterocycles. The molecule has 0 saturated carbocycles. The van der Waals surface area contributed by atoms with Crippen molar-refractivity contribution >= 4 is 11.9 Å². The third kappa shape index (κ3) is 3.63. The van der Waals surface area contributed by atoms with Crippen molar-refractivity contribution in [3.05, 3.63) is 23.8 Å². The van der Waals surface area contributed by atoms with Gasteiger partial charge in [0.1, 0.15) is 13.2 Å². The highest BCUT2D eigenvalue weighted by atomic mass is 16.6. The Kier molecular flexibility index (Phi) is 4.45. The lowest BCUT2D eigenvalue weighted by molar-refractivity contribution is -0.137. The fraction of sp³-hybridized carbons (Fsp3) is 0.429. The lowest BCUT2D eigenvalue weighted by Gasteiger charge is -2.19. The van der Waals surface area contributed by atoms with Crippen molar-refractivity contribution in [2.75, 3.05) is 19.8 Å². The molecule has 6 heteroatoms. The fourth-order valence-corrected chi connectivity index (χ4v) is 1.92. The van der Waals surface area contributed by atoms with E-state index in [2.05, 4.69) is 5.32 Å². The summed E-state index contributed by atoms with van der Waals surface area (Å²) in [6.07, 6.45) is 0.0292. The first-order valence-corrected chi connectivity index (χ1v) is 6.46. The third-order valence-corrected chi connectivity index (χ3v) is 2.94. The number of hydrogen-bond donors (Lipinski definition) is 2. The second-order valence-corrected chi connectivity index (χ2v) is 4.77. The minimum atomic E-state index is -0.869. The molecule has 0 bridgehead atoms. The summed E-state index contributed by atoms with van der Waals surface area (Å²) in [7, 11) is 0. The number of carbonyl (C=O) groups is 2. The Morgan fingerprint density at radius 2 is 2.00 bits per heavy atom. The monoisotopic (exact) mass is 279 g/mol. The van der Waals surface area contributed by atoms with Gasteiger partial charge >= 0.3 is 5.97 Å². The van der Waals surface area contributed by atoms with E-state index in [0.29, 0.717) is 36.8 Å². The molecule has 1 atom stereocenters. The summed E-state index contributed by atoms with van der Waals surface area (Å²) < 4.78 is 10.8. The molecule has 0 aromatic heterocycles. The molecule has 1 aromatic carbocycles. The van der Waals surface area contributed by atoms with E-state index < -0.39 is 5.97 Å². The predicted octanol–water partition coefficient (Wildman–Crippen LogP) is 1.30. The number of rotatable bonds is 5. The van der Waals surface area contributed by atoms with E-state index in [1.165, 1.54) is 0 Å². The van der Waals surface area contributed by atoms with Gasteiger partial charge in [-0.25, -0.2) is 0 Å². The summed E-state index contributed by atoms with van der Waals surface area (Å²) in [5.41, 5.74) is 0.469. The number of amides is 1. The van der Waals surface area contributed by atoms with Gasteiger partial charge in [-0.15, -0.1) is 0 Å². The van der Waals surface area contributed by atoms with Gasteiger partial charge in [-0.2, -0.15) is 0 Å². The van der Waals surface area contributed by atoms with Gasteiger partial charge < -0.3 is 19.9 Å². The molecule has 0 aliphatic carbocycles. The van der Waals surface area contributed by atoms with Crippen LogP contribution in [0.4, 0.5) is 0 Å². The maximum absolute atomic E-state index is 12.0. The first-order valence-electron chi connectivity index (χ1n) is 6.46. The second-order valence-electron chi connectivity index (χ2n) is 4.77. The third-order valence-electron chi connectivity index (χ3n) is 2.94. The van der Waals surface area contributed by atoms with Gasteiger partial charge in [0.15, 0.2) is 11.5 Å². The number of carbonyl (C=O) groups excluding carboxylic acids is 1. The number of benzene rings is 1. The zero-order valence-corrected chi connectivity index (χ0v) is 11.2. The van der Waals surface area contributed by atoms with Gasteiger partial charge in [-0.3, -0.25) is 9.59 Å². The highest BCUT2D eigenvalue weighted by Gasteiger charge is 2.15. The maximum Gasteiger partial charge on any atom is 0.303 e. The minimum absolute atomic E-state index is 0.0292. The summed E-state index contributed by atoms with van der Waals surface area (Å²) in [6, 6.07) is 4.99. The molecule has 108 valence electrons. The fourth-order valence-electron chi connectivity index (χ4n) is 1.92. The lowest BCUT2D eigenvalue weighted by atomic mass is 10.1. The van der Waals surface area contributed by atoms with Crippen molar-refractivity contribution in [1.82, 2.24) is 5.32 Å². The molecular weight excluding hydrogens is 262 g/mol. The van der Waals surface area contributed by atoms with Crippen LogP contribution < -0.4 is 14.8 Å². The van der Waals surface area contributed by atoms with Crippen molar-refractivity contribution < 1.29 is 24.2 Å². The van der Waals surface area contributed by atoms with E-state index in [9.17, 15) is 9.59 Å². The number of nitrogens with one attached hydrogen (secondary N) is 1. The number of hydrogen-bond acceptors (Lipinski definition) is 4. The average Bonchev–Trinajstić information content (AvgIpc) is 2.43. The van der Waals surface area contributed by atoms with E-state index >= 15 is 0 Å². The molecule has 20 heavy (non-hydrogen) atoms. The molecule has 2 N–H and O–H groups in total. The van der Waals surface area contributed by atoms with Gasteiger partial charge in [0, 0.05) is 18.5 Å². The minimum Gasteiger partial charge on any atom is -0.486 e. The van der Waals surface area contributed by atoms with Crippen LogP contribution in [-0.4, -0.2) is 36.7 Å². The van der Waals surface area contributed by atoms with Crippen LogP contribution in [0.2, 0.25) is 0 Å². The van der Waals surface area contributed by atoms with E-state index in [-0.39, 0.29) is 18.2 Å². The molecule has 1 amide bonds. The SMILES string of the molecule is C[C@@H](CNC(=O)c1ccc2c(c1)OCCO2)CC(=O)O. The van der Waals surface area contributed by atoms with Crippen molar-refractivity contribution in [1.29, 1.82) is 0 Å². The topological polar surface area (TPSA) is 84.9 Å². The second kappa shape index (κ2) is 6.27. The Bertz CT molecular complexity index is 514. The summed E-state index contributed by atoms with van der Waals surface area (Å²) >= 11 is 0. The van der Waals surface area contributed by atoms with Crippen LogP contribution in [0.5, 0.6) is 11.5 Å². The van der Waals surface area contributed by atoms with Crippen molar-refractivity contribution in [2.24, 2.45) is 5.92 Å². The van der Waals surface area contributed by atoms with Gasteiger partial charge in [-0.05, 0) is 24.1 Å². The van der Waals surface area contributed by atoms with Crippen LogP contribution in [0.25, 0.3) is 0 Å². The number of ether oxygens (including phenoxy) is 2. The molecule has 6 nitrogen and oxygen atoms in total. The molecular formula is C14H17NO5. The summed E-state index contributed by atoms with van der Waals surface area (Å²) in [6.45, 7) is 3.07. The number of fused-ring (bicyclic) bond motifs is 1. The van der Waals surface area contributed by atoms with Gasteiger partial charge in [0.2, 0.25) is 0 Å². The number of aliphatic carboxylic acids is 1. The van der Waals surface area contributed by atoms with Gasteiger partial charge in [0.25, 0.3) is 5.91 Å². The molecule has 0 spiro atoms.